The van der Waals surface area contributed by atoms with Crippen LogP contribution in [-0.4, -0.2) is 20.7 Å². The number of aryl methyl sites for hydroxylation is 2. The van der Waals surface area contributed by atoms with E-state index < -0.39 is 0 Å². The molecule has 2 rings (SSSR count). The van der Waals surface area contributed by atoms with Crippen molar-refractivity contribution in [2.75, 3.05) is 11.1 Å². The number of hydrogen-bond donors (Lipinski definition) is 2. The number of aromatic nitrogens is 3. The van der Waals surface area contributed by atoms with Crippen LogP contribution in [0.3, 0.4) is 0 Å². The van der Waals surface area contributed by atoms with Gasteiger partial charge in [-0.1, -0.05) is 13.8 Å². The van der Waals surface area contributed by atoms with Gasteiger partial charge in [-0.2, -0.15) is 5.10 Å². The minimum absolute atomic E-state index is 0.212. The van der Waals surface area contributed by atoms with Gasteiger partial charge in [-0.05, 0) is 25.0 Å². The zero-order valence-corrected chi connectivity index (χ0v) is 12.1. The second-order valence-corrected chi connectivity index (χ2v) is 5.11. The van der Waals surface area contributed by atoms with Crippen LogP contribution in [0.4, 0.5) is 11.6 Å². The van der Waals surface area contributed by atoms with E-state index in [1.54, 1.807) is 23.9 Å². The molecule has 0 aromatic carbocycles. The highest BCUT2D eigenvalue weighted by atomic mass is 16.1. The molecule has 2 aromatic rings. The number of pyridine rings is 1. The average molecular weight is 273 g/mol. The van der Waals surface area contributed by atoms with Crippen LogP contribution in [0.2, 0.25) is 0 Å². The van der Waals surface area contributed by atoms with E-state index in [4.69, 9.17) is 5.73 Å². The molecule has 0 fully saturated rings. The molecule has 0 bridgehead atoms. The lowest BCUT2D eigenvalue weighted by Crippen LogP contribution is -2.16. The third-order valence-corrected chi connectivity index (χ3v) is 2.96. The van der Waals surface area contributed by atoms with E-state index >= 15 is 0 Å². The smallest absolute Gasteiger partial charge is 0.257 e. The molecular weight excluding hydrogens is 254 g/mol. The molecule has 1 amide bonds. The molecule has 2 heterocycles. The van der Waals surface area contributed by atoms with Crippen LogP contribution in [0, 0.1) is 6.92 Å². The van der Waals surface area contributed by atoms with E-state index in [2.05, 4.69) is 15.4 Å². The van der Waals surface area contributed by atoms with Crippen LogP contribution in [-0.2, 0) is 7.05 Å². The van der Waals surface area contributed by atoms with Crippen LogP contribution in [0.25, 0.3) is 0 Å². The molecule has 0 atom stereocenters. The summed E-state index contributed by atoms with van der Waals surface area (Å²) >= 11 is 0. The van der Waals surface area contributed by atoms with Gasteiger partial charge in [0.05, 0.1) is 5.69 Å². The Morgan fingerprint density at radius 2 is 2.05 bits per heavy atom. The van der Waals surface area contributed by atoms with Gasteiger partial charge in [0.15, 0.2) is 0 Å². The molecule has 6 nitrogen and oxygen atoms in total. The second-order valence-electron chi connectivity index (χ2n) is 5.11. The summed E-state index contributed by atoms with van der Waals surface area (Å²) in [5, 5.41) is 7.00. The van der Waals surface area contributed by atoms with Gasteiger partial charge in [-0.3, -0.25) is 9.48 Å². The minimum atomic E-state index is -0.219. The number of carbonyl (C=O) groups is 1. The fourth-order valence-electron chi connectivity index (χ4n) is 1.92. The molecule has 0 saturated carbocycles. The summed E-state index contributed by atoms with van der Waals surface area (Å²) in [7, 11) is 1.78. The van der Waals surface area contributed by atoms with E-state index in [9.17, 15) is 4.79 Å². The molecule has 2 aromatic heterocycles. The van der Waals surface area contributed by atoms with Crippen molar-refractivity contribution in [3.8, 4) is 0 Å². The van der Waals surface area contributed by atoms with Gasteiger partial charge in [-0.25, -0.2) is 4.98 Å². The van der Waals surface area contributed by atoms with E-state index in [-0.39, 0.29) is 11.8 Å². The van der Waals surface area contributed by atoms with Crippen LogP contribution in [0.1, 0.15) is 41.5 Å². The van der Waals surface area contributed by atoms with Crippen LogP contribution in [0.5, 0.6) is 0 Å². The summed E-state index contributed by atoms with van der Waals surface area (Å²) in [6, 6.07) is 5.15. The predicted octanol–water partition coefficient (Wildman–Crippen LogP) is 2.08. The Labute approximate surface area is 118 Å². The molecule has 0 unspecified atom stereocenters. The number of nitrogens with one attached hydrogen (secondary N) is 1. The van der Waals surface area contributed by atoms with Gasteiger partial charge in [-0.15, -0.1) is 0 Å². The fourth-order valence-corrected chi connectivity index (χ4v) is 1.92. The Morgan fingerprint density at radius 3 is 2.60 bits per heavy atom. The highest BCUT2D eigenvalue weighted by Crippen LogP contribution is 2.17. The Kier molecular flexibility index (Phi) is 3.74. The normalized spacial score (nSPS) is 10.8. The Morgan fingerprint density at radius 1 is 1.35 bits per heavy atom. The Balaban J connectivity index is 2.27. The monoisotopic (exact) mass is 273 g/mol. The number of nitrogens with two attached hydrogens (primary N) is 1. The first-order valence-corrected chi connectivity index (χ1v) is 6.46. The largest absolute Gasteiger partial charge is 0.384 e. The zero-order valence-electron chi connectivity index (χ0n) is 12.1. The third-order valence-electron chi connectivity index (χ3n) is 2.96. The number of rotatable bonds is 3. The first kappa shape index (κ1) is 14.0. The van der Waals surface area contributed by atoms with Gasteiger partial charge in [0, 0.05) is 24.4 Å². The summed E-state index contributed by atoms with van der Waals surface area (Å²) in [6.45, 7) is 5.89. The predicted molar refractivity (Wildman–Crippen MR) is 78.6 cm³/mol. The van der Waals surface area contributed by atoms with Crippen molar-refractivity contribution in [2.24, 2.45) is 7.05 Å². The van der Waals surface area contributed by atoms with Gasteiger partial charge in [0.25, 0.3) is 5.91 Å². The van der Waals surface area contributed by atoms with E-state index in [1.807, 2.05) is 26.8 Å². The van der Waals surface area contributed by atoms with Crippen LogP contribution >= 0.6 is 0 Å². The lowest BCUT2D eigenvalue weighted by atomic mass is 10.1. The Hall–Kier alpha value is -2.37. The zero-order chi connectivity index (χ0) is 14.9. The number of nitrogens with zero attached hydrogens (tertiary/aromatic N) is 3. The summed E-state index contributed by atoms with van der Waals surface area (Å²) in [5.41, 5.74) is 7.90. The van der Waals surface area contributed by atoms with Crippen molar-refractivity contribution in [2.45, 2.75) is 26.7 Å². The maximum atomic E-state index is 12.3. The lowest BCUT2D eigenvalue weighted by molar-refractivity contribution is 0.102. The van der Waals surface area contributed by atoms with Gasteiger partial charge in [0.1, 0.15) is 11.6 Å². The molecule has 0 radical (unpaired) electrons. The second kappa shape index (κ2) is 5.32. The first-order valence-electron chi connectivity index (χ1n) is 6.46. The quantitative estimate of drug-likeness (QED) is 0.896. The summed E-state index contributed by atoms with van der Waals surface area (Å²) in [4.78, 5) is 16.5. The number of hydrogen-bond acceptors (Lipinski definition) is 4. The molecule has 0 saturated heterocycles. The molecule has 3 N–H and O–H groups in total. The molecule has 0 aliphatic heterocycles. The maximum absolute atomic E-state index is 12.3. The standard InChI is InChI=1S/C14H19N5O/c1-8(2)11-6-10(7-12(15)16-11)14(20)17-13-5-9(3)18-19(13)4/h5-8H,1-4H3,(H2,15,16)(H,17,20). The molecule has 0 spiro atoms. The number of amides is 1. The third kappa shape index (κ3) is 2.96. The number of nitrogen functional groups attached to an aromatic ring is 1. The topological polar surface area (TPSA) is 85.8 Å². The maximum Gasteiger partial charge on any atom is 0.257 e. The molecule has 106 valence electrons. The van der Waals surface area contributed by atoms with Crippen molar-refractivity contribution in [1.82, 2.24) is 14.8 Å². The lowest BCUT2D eigenvalue weighted by Gasteiger charge is -2.09. The summed E-state index contributed by atoms with van der Waals surface area (Å²) in [5.74, 6) is 0.990. The highest BCUT2D eigenvalue weighted by Gasteiger charge is 2.13. The fraction of sp³-hybridized carbons (Fsp3) is 0.357. The molecular formula is C14H19N5O. The van der Waals surface area contributed by atoms with Crippen molar-refractivity contribution in [3.05, 3.63) is 35.2 Å². The van der Waals surface area contributed by atoms with E-state index in [1.165, 1.54) is 0 Å². The summed E-state index contributed by atoms with van der Waals surface area (Å²) in [6.07, 6.45) is 0. The minimum Gasteiger partial charge on any atom is -0.384 e. The van der Waals surface area contributed by atoms with E-state index in [0.717, 1.165) is 11.4 Å². The molecule has 6 heteroatoms. The van der Waals surface area contributed by atoms with Crippen molar-refractivity contribution < 1.29 is 4.79 Å². The highest BCUT2D eigenvalue weighted by molar-refractivity contribution is 6.04. The van der Waals surface area contributed by atoms with Crippen LogP contribution < -0.4 is 11.1 Å². The van der Waals surface area contributed by atoms with Gasteiger partial charge in [0.2, 0.25) is 0 Å². The van der Waals surface area contributed by atoms with Crippen molar-refractivity contribution in [1.29, 1.82) is 0 Å². The van der Waals surface area contributed by atoms with Gasteiger partial charge >= 0.3 is 0 Å². The summed E-state index contributed by atoms with van der Waals surface area (Å²) < 4.78 is 1.63. The number of carbonyl (C=O) groups excluding carboxylic acids is 1. The molecule has 20 heavy (non-hydrogen) atoms. The van der Waals surface area contributed by atoms with Crippen molar-refractivity contribution >= 4 is 17.5 Å². The van der Waals surface area contributed by atoms with Crippen molar-refractivity contribution in [3.63, 3.8) is 0 Å². The first-order chi connectivity index (χ1) is 9.36. The Bertz CT molecular complexity index is 645. The number of anilines is 2. The van der Waals surface area contributed by atoms with Gasteiger partial charge < -0.3 is 11.1 Å². The molecule has 0 aliphatic rings. The SMILES string of the molecule is Cc1cc(NC(=O)c2cc(N)nc(C(C)C)c2)n(C)n1. The molecule has 0 aliphatic carbocycles. The van der Waals surface area contributed by atoms with E-state index in [0.29, 0.717) is 17.2 Å². The average Bonchev–Trinajstić information content (AvgIpc) is 2.66. The van der Waals surface area contributed by atoms with Crippen LogP contribution in [0.15, 0.2) is 18.2 Å².